The van der Waals surface area contributed by atoms with Crippen LogP contribution in [0.2, 0.25) is 0 Å². The van der Waals surface area contributed by atoms with Gasteiger partial charge in [-0.2, -0.15) is 0 Å². The molecule has 1 aliphatic heterocycles. The van der Waals surface area contributed by atoms with Gasteiger partial charge in [-0.1, -0.05) is 48.5 Å². The van der Waals surface area contributed by atoms with Gasteiger partial charge in [-0.15, -0.1) is 10.2 Å². The fraction of sp³-hybridized carbons (Fsp3) is 0.474. The van der Waals surface area contributed by atoms with E-state index in [2.05, 4.69) is 20.1 Å². The van der Waals surface area contributed by atoms with Crippen molar-refractivity contribution in [3.8, 4) is 0 Å². The zero-order valence-corrected chi connectivity index (χ0v) is 15.8. The van der Waals surface area contributed by atoms with Crippen LogP contribution >= 0.6 is 11.8 Å². The Morgan fingerprint density at radius 3 is 2.77 bits per heavy atom. The Hall–Kier alpha value is -2.15. The standard InChI is InChI=1S/C19H24N4O2S/c1-14(24)16(12-15-8-4-2-5-9-15)20-18(25)13-26-19-22-21-17-10-6-3-7-11-23(17)19/h2,4-5,8-9,16H,3,6-7,10-13H2,1H3,(H,20,25)/t16-/m1/s1. The molecule has 2 aromatic rings. The normalized spacial score (nSPS) is 15.0. The van der Waals surface area contributed by atoms with E-state index in [1.165, 1.54) is 25.1 Å². The average Bonchev–Trinajstić information content (AvgIpc) is 2.86. The Kier molecular flexibility index (Phi) is 6.44. The number of benzene rings is 1. The third-order valence-corrected chi connectivity index (χ3v) is 5.48. The van der Waals surface area contributed by atoms with Gasteiger partial charge < -0.3 is 9.88 Å². The van der Waals surface area contributed by atoms with Crippen LogP contribution in [0, 0.1) is 0 Å². The van der Waals surface area contributed by atoms with Gasteiger partial charge >= 0.3 is 0 Å². The SMILES string of the molecule is CC(=O)[C@@H](Cc1ccccc1)NC(=O)CSc1nnc2n1CCCCC2. The van der Waals surface area contributed by atoms with Crippen molar-refractivity contribution in [1.29, 1.82) is 0 Å². The number of ketones is 1. The summed E-state index contributed by atoms with van der Waals surface area (Å²) in [7, 11) is 0. The number of fused-ring (bicyclic) bond motifs is 1. The highest BCUT2D eigenvalue weighted by Gasteiger charge is 2.20. The molecule has 1 aliphatic rings. The van der Waals surface area contributed by atoms with E-state index in [0.29, 0.717) is 6.42 Å². The molecule has 1 aromatic carbocycles. The molecular weight excluding hydrogens is 348 g/mol. The number of hydrogen-bond donors (Lipinski definition) is 1. The summed E-state index contributed by atoms with van der Waals surface area (Å²) in [5, 5.41) is 12.1. The number of hydrogen-bond acceptors (Lipinski definition) is 5. The number of nitrogens with zero attached hydrogens (tertiary/aromatic N) is 3. The number of carbonyl (C=O) groups is 2. The fourth-order valence-corrected chi connectivity index (χ4v) is 3.87. The summed E-state index contributed by atoms with van der Waals surface area (Å²) in [6, 6.07) is 9.22. The topological polar surface area (TPSA) is 76.9 Å². The number of rotatable bonds is 7. The molecular formula is C19H24N4O2S. The van der Waals surface area contributed by atoms with Crippen LogP contribution in [-0.2, 0) is 29.0 Å². The van der Waals surface area contributed by atoms with E-state index in [-0.39, 0.29) is 17.4 Å². The molecule has 1 atom stereocenters. The third-order valence-electron chi connectivity index (χ3n) is 4.52. The molecule has 6 nitrogen and oxygen atoms in total. The van der Waals surface area contributed by atoms with Crippen molar-refractivity contribution in [2.75, 3.05) is 5.75 Å². The van der Waals surface area contributed by atoms with E-state index in [4.69, 9.17) is 0 Å². The number of nitrogens with one attached hydrogen (secondary N) is 1. The summed E-state index contributed by atoms with van der Waals surface area (Å²) in [6.45, 7) is 2.43. The van der Waals surface area contributed by atoms with Gasteiger partial charge in [0.2, 0.25) is 5.91 Å². The van der Waals surface area contributed by atoms with Crippen molar-refractivity contribution in [2.24, 2.45) is 0 Å². The van der Waals surface area contributed by atoms with Gasteiger partial charge in [0.05, 0.1) is 11.8 Å². The van der Waals surface area contributed by atoms with Gasteiger partial charge in [-0.3, -0.25) is 9.59 Å². The highest BCUT2D eigenvalue weighted by atomic mass is 32.2. The second-order valence-corrected chi connectivity index (χ2v) is 7.51. The molecule has 3 rings (SSSR count). The quantitative estimate of drug-likeness (QED) is 0.755. The lowest BCUT2D eigenvalue weighted by Gasteiger charge is -2.16. The van der Waals surface area contributed by atoms with E-state index < -0.39 is 6.04 Å². The van der Waals surface area contributed by atoms with Crippen LogP contribution < -0.4 is 5.32 Å². The number of Topliss-reactive ketones (excluding diaryl/α,β-unsaturated/α-hetero) is 1. The Morgan fingerprint density at radius 2 is 2.00 bits per heavy atom. The molecule has 0 radical (unpaired) electrons. The van der Waals surface area contributed by atoms with Gasteiger partial charge in [0.15, 0.2) is 10.9 Å². The number of aryl methyl sites for hydroxylation is 1. The van der Waals surface area contributed by atoms with Gasteiger partial charge in [0.25, 0.3) is 0 Å². The van der Waals surface area contributed by atoms with Crippen LogP contribution in [0.3, 0.4) is 0 Å². The van der Waals surface area contributed by atoms with Crippen LogP contribution in [-0.4, -0.2) is 38.2 Å². The van der Waals surface area contributed by atoms with Gasteiger partial charge in [-0.05, 0) is 31.7 Å². The van der Waals surface area contributed by atoms with Crippen LogP contribution in [0.25, 0.3) is 0 Å². The minimum atomic E-state index is -0.499. The molecule has 2 heterocycles. The molecule has 0 aliphatic carbocycles. The molecule has 0 unspecified atom stereocenters. The molecule has 0 spiro atoms. The van der Waals surface area contributed by atoms with E-state index in [9.17, 15) is 9.59 Å². The first-order valence-electron chi connectivity index (χ1n) is 9.02. The van der Waals surface area contributed by atoms with Crippen LogP contribution in [0.15, 0.2) is 35.5 Å². The van der Waals surface area contributed by atoms with Crippen molar-refractivity contribution < 1.29 is 9.59 Å². The van der Waals surface area contributed by atoms with Crippen molar-refractivity contribution in [3.05, 3.63) is 41.7 Å². The highest BCUT2D eigenvalue weighted by molar-refractivity contribution is 7.99. The van der Waals surface area contributed by atoms with E-state index in [1.54, 1.807) is 0 Å². The molecule has 1 amide bonds. The zero-order chi connectivity index (χ0) is 18.4. The molecule has 1 aromatic heterocycles. The Bertz CT molecular complexity index is 760. The minimum Gasteiger partial charge on any atom is -0.345 e. The second kappa shape index (κ2) is 8.98. The molecule has 7 heteroatoms. The molecule has 0 saturated carbocycles. The number of amides is 1. The first-order chi connectivity index (χ1) is 12.6. The Balaban J connectivity index is 1.56. The van der Waals surface area contributed by atoms with E-state index in [1.807, 2.05) is 30.3 Å². The number of carbonyl (C=O) groups excluding carboxylic acids is 2. The monoisotopic (exact) mass is 372 g/mol. The summed E-state index contributed by atoms with van der Waals surface area (Å²) in [6.07, 6.45) is 4.92. The molecule has 0 bridgehead atoms. The largest absolute Gasteiger partial charge is 0.345 e. The zero-order valence-electron chi connectivity index (χ0n) is 15.0. The molecule has 26 heavy (non-hydrogen) atoms. The lowest BCUT2D eigenvalue weighted by Crippen LogP contribution is -2.42. The second-order valence-electron chi connectivity index (χ2n) is 6.57. The van der Waals surface area contributed by atoms with Gasteiger partial charge in [-0.25, -0.2) is 0 Å². The number of thioether (sulfide) groups is 1. The lowest BCUT2D eigenvalue weighted by molar-refractivity contribution is -0.125. The summed E-state index contributed by atoms with van der Waals surface area (Å²) in [5.74, 6) is 1.05. The van der Waals surface area contributed by atoms with Gasteiger partial charge in [0, 0.05) is 13.0 Å². The maximum atomic E-state index is 12.3. The maximum Gasteiger partial charge on any atom is 0.231 e. The summed E-state index contributed by atoms with van der Waals surface area (Å²) < 4.78 is 2.12. The molecule has 1 N–H and O–H groups in total. The predicted octanol–water partition coefficient (Wildman–Crippen LogP) is 2.41. The summed E-state index contributed by atoms with van der Waals surface area (Å²) in [5.41, 5.74) is 1.03. The Labute approximate surface area is 157 Å². The average molecular weight is 372 g/mol. The third kappa shape index (κ3) is 4.94. The first kappa shape index (κ1) is 18.6. The molecule has 0 saturated heterocycles. The van der Waals surface area contributed by atoms with Crippen molar-refractivity contribution in [1.82, 2.24) is 20.1 Å². The maximum absolute atomic E-state index is 12.3. The van der Waals surface area contributed by atoms with Crippen LogP contribution in [0.5, 0.6) is 0 Å². The van der Waals surface area contributed by atoms with Crippen LogP contribution in [0.1, 0.15) is 37.6 Å². The fourth-order valence-electron chi connectivity index (χ4n) is 3.08. The van der Waals surface area contributed by atoms with Crippen LogP contribution in [0.4, 0.5) is 0 Å². The molecule has 0 fully saturated rings. The lowest BCUT2D eigenvalue weighted by atomic mass is 10.0. The Morgan fingerprint density at radius 1 is 1.19 bits per heavy atom. The van der Waals surface area contributed by atoms with Crippen molar-refractivity contribution in [3.63, 3.8) is 0 Å². The number of aromatic nitrogens is 3. The van der Waals surface area contributed by atoms with Gasteiger partial charge in [0.1, 0.15) is 5.82 Å². The van der Waals surface area contributed by atoms with E-state index in [0.717, 1.165) is 42.4 Å². The van der Waals surface area contributed by atoms with E-state index >= 15 is 0 Å². The first-order valence-corrected chi connectivity index (χ1v) is 10.0. The van der Waals surface area contributed by atoms with Crippen molar-refractivity contribution in [2.45, 2.75) is 56.8 Å². The summed E-state index contributed by atoms with van der Waals surface area (Å²) >= 11 is 1.39. The minimum absolute atomic E-state index is 0.0384. The molecule has 138 valence electrons. The predicted molar refractivity (Wildman–Crippen MR) is 101 cm³/mol. The summed E-state index contributed by atoms with van der Waals surface area (Å²) in [4.78, 5) is 24.2. The van der Waals surface area contributed by atoms with Crippen molar-refractivity contribution >= 4 is 23.5 Å². The smallest absolute Gasteiger partial charge is 0.231 e. The highest BCUT2D eigenvalue weighted by Crippen LogP contribution is 2.21.